The SMILES string of the molecule is Cn1ccnc1C(NC(=O)C1CC(=O)N(Cc2ccco2)C1)c1ccc(F)cc1. The molecule has 29 heavy (non-hydrogen) atoms. The van der Waals surface area contributed by atoms with E-state index in [0.717, 1.165) is 0 Å². The van der Waals surface area contributed by atoms with E-state index in [-0.39, 0.29) is 24.1 Å². The molecule has 0 radical (unpaired) electrons. The van der Waals surface area contributed by atoms with Crippen molar-refractivity contribution in [2.45, 2.75) is 19.0 Å². The predicted octanol–water partition coefficient (Wildman–Crippen LogP) is 2.41. The summed E-state index contributed by atoms with van der Waals surface area (Å²) in [5.74, 6) is 0.155. The third-order valence-corrected chi connectivity index (χ3v) is 5.12. The molecule has 1 aliphatic rings. The quantitative estimate of drug-likeness (QED) is 0.694. The molecule has 1 saturated heterocycles. The van der Waals surface area contributed by atoms with E-state index >= 15 is 0 Å². The zero-order valence-electron chi connectivity index (χ0n) is 15.9. The molecule has 8 heteroatoms. The molecule has 1 aliphatic heterocycles. The second-order valence-corrected chi connectivity index (χ2v) is 7.14. The second-order valence-electron chi connectivity index (χ2n) is 7.14. The highest BCUT2D eigenvalue weighted by Crippen LogP contribution is 2.25. The van der Waals surface area contributed by atoms with Crippen molar-refractivity contribution in [3.63, 3.8) is 0 Å². The van der Waals surface area contributed by atoms with Crippen LogP contribution in [-0.4, -0.2) is 32.8 Å². The fourth-order valence-electron chi connectivity index (χ4n) is 3.56. The average molecular weight is 396 g/mol. The molecule has 0 saturated carbocycles. The summed E-state index contributed by atoms with van der Waals surface area (Å²) in [6.45, 7) is 0.665. The summed E-state index contributed by atoms with van der Waals surface area (Å²) < 4.78 is 20.5. The van der Waals surface area contributed by atoms with Crippen LogP contribution in [0.5, 0.6) is 0 Å². The molecule has 2 atom stereocenters. The van der Waals surface area contributed by atoms with E-state index in [0.29, 0.717) is 30.2 Å². The van der Waals surface area contributed by atoms with Gasteiger partial charge in [-0.3, -0.25) is 9.59 Å². The molecule has 0 aliphatic carbocycles. The summed E-state index contributed by atoms with van der Waals surface area (Å²) in [6, 6.07) is 8.96. The summed E-state index contributed by atoms with van der Waals surface area (Å²) in [5, 5.41) is 2.99. The van der Waals surface area contributed by atoms with Gasteiger partial charge in [0.15, 0.2) is 0 Å². The van der Waals surface area contributed by atoms with Gasteiger partial charge in [0.05, 0.1) is 18.7 Å². The van der Waals surface area contributed by atoms with Crippen molar-refractivity contribution in [2.75, 3.05) is 6.54 Å². The zero-order chi connectivity index (χ0) is 20.4. The number of benzene rings is 1. The first-order valence-corrected chi connectivity index (χ1v) is 9.34. The number of hydrogen-bond acceptors (Lipinski definition) is 4. The molecule has 0 spiro atoms. The lowest BCUT2D eigenvalue weighted by Crippen LogP contribution is -2.37. The Balaban J connectivity index is 1.50. The van der Waals surface area contributed by atoms with Crippen molar-refractivity contribution in [3.05, 3.63) is 78.0 Å². The molecule has 4 rings (SSSR count). The number of nitrogens with one attached hydrogen (secondary N) is 1. The van der Waals surface area contributed by atoms with Crippen LogP contribution < -0.4 is 5.32 Å². The minimum atomic E-state index is -0.544. The number of furan rings is 1. The lowest BCUT2D eigenvalue weighted by atomic mass is 10.0. The third-order valence-electron chi connectivity index (χ3n) is 5.12. The van der Waals surface area contributed by atoms with Gasteiger partial charge in [-0.05, 0) is 29.8 Å². The minimum absolute atomic E-state index is 0.0862. The molecule has 1 N–H and O–H groups in total. The van der Waals surface area contributed by atoms with Crippen LogP contribution in [0.15, 0.2) is 59.5 Å². The standard InChI is InChI=1S/C21H21FN4O3/c1-25-9-8-23-20(25)19(14-4-6-16(22)7-5-14)24-21(28)15-11-18(27)26(12-15)13-17-3-2-10-29-17/h2-10,15,19H,11-13H2,1H3,(H,24,28). The molecule has 1 aromatic carbocycles. The van der Waals surface area contributed by atoms with Gasteiger partial charge in [0, 0.05) is 32.4 Å². The molecule has 1 fully saturated rings. The predicted molar refractivity (Wildman–Crippen MR) is 102 cm³/mol. The van der Waals surface area contributed by atoms with Crippen LogP contribution in [0.25, 0.3) is 0 Å². The van der Waals surface area contributed by atoms with Crippen LogP contribution in [-0.2, 0) is 23.2 Å². The maximum Gasteiger partial charge on any atom is 0.226 e. The normalized spacial score (nSPS) is 17.5. The highest BCUT2D eigenvalue weighted by atomic mass is 19.1. The van der Waals surface area contributed by atoms with E-state index in [1.54, 1.807) is 52.4 Å². The first kappa shape index (κ1) is 18.9. The topological polar surface area (TPSA) is 80.4 Å². The van der Waals surface area contributed by atoms with Gasteiger partial charge in [-0.25, -0.2) is 9.37 Å². The van der Waals surface area contributed by atoms with Crippen LogP contribution in [0.2, 0.25) is 0 Å². The van der Waals surface area contributed by atoms with Crippen molar-refractivity contribution in [1.29, 1.82) is 0 Å². The number of aryl methyl sites for hydroxylation is 1. The van der Waals surface area contributed by atoms with E-state index < -0.39 is 12.0 Å². The Hall–Kier alpha value is -3.42. The molecule has 2 amide bonds. The van der Waals surface area contributed by atoms with Gasteiger partial charge >= 0.3 is 0 Å². The van der Waals surface area contributed by atoms with E-state index in [2.05, 4.69) is 10.3 Å². The Labute approximate surface area is 167 Å². The highest BCUT2D eigenvalue weighted by molar-refractivity contribution is 5.89. The number of carbonyl (C=O) groups excluding carboxylic acids is 2. The zero-order valence-corrected chi connectivity index (χ0v) is 15.9. The van der Waals surface area contributed by atoms with Gasteiger partial charge < -0.3 is 19.2 Å². The van der Waals surface area contributed by atoms with Crippen molar-refractivity contribution in [1.82, 2.24) is 19.8 Å². The highest BCUT2D eigenvalue weighted by Gasteiger charge is 2.36. The molecule has 0 bridgehead atoms. The number of likely N-dealkylation sites (tertiary alicyclic amines) is 1. The molecule has 3 aromatic rings. The summed E-state index contributed by atoms with van der Waals surface area (Å²) in [4.78, 5) is 31.3. The largest absolute Gasteiger partial charge is 0.467 e. The third kappa shape index (κ3) is 4.06. The molecule has 150 valence electrons. The van der Waals surface area contributed by atoms with Crippen LogP contribution >= 0.6 is 0 Å². The van der Waals surface area contributed by atoms with E-state index in [1.807, 2.05) is 7.05 Å². The number of carbonyl (C=O) groups is 2. The van der Waals surface area contributed by atoms with Gasteiger partial charge in [0.25, 0.3) is 0 Å². The lowest BCUT2D eigenvalue weighted by molar-refractivity contribution is -0.129. The van der Waals surface area contributed by atoms with Crippen LogP contribution in [0.3, 0.4) is 0 Å². The summed E-state index contributed by atoms with van der Waals surface area (Å²) in [5.41, 5.74) is 0.714. The van der Waals surface area contributed by atoms with Crippen molar-refractivity contribution in [3.8, 4) is 0 Å². The number of amides is 2. The van der Waals surface area contributed by atoms with Gasteiger partial charge in [0.1, 0.15) is 23.4 Å². The lowest BCUT2D eigenvalue weighted by Gasteiger charge is -2.21. The summed E-state index contributed by atoms with van der Waals surface area (Å²) >= 11 is 0. The fourth-order valence-corrected chi connectivity index (χ4v) is 3.56. The van der Waals surface area contributed by atoms with Crippen molar-refractivity contribution >= 4 is 11.8 Å². The number of aromatic nitrogens is 2. The van der Waals surface area contributed by atoms with E-state index in [9.17, 15) is 14.0 Å². The monoisotopic (exact) mass is 396 g/mol. The van der Waals surface area contributed by atoms with E-state index in [4.69, 9.17) is 4.42 Å². The maximum atomic E-state index is 13.4. The first-order chi connectivity index (χ1) is 14.0. The Morgan fingerprint density at radius 2 is 2.14 bits per heavy atom. The Morgan fingerprint density at radius 1 is 1.34 bits per heavy atom. The molecule has 7 nitrogen and oxygen atoms in total. The molecule has 2 aromatic heterocycles. The number of halogens is 1. The first-order valence-electron chi connectivity index (χ1n) is 9.34. The van der Waals surface area contributed by atoms with Crippen LogP contribution in [0.1, 0.15) is 29.6 Å². The summed E-state index contributed by atoms with van der Waals surface area (Å²) in [6.07, 6.45) is 5.12. The van der Waals surface area contributed by atoms with Crippen molar-refractivity contribution in [2.24, 2.45) is 13.0 Å². The Bertz CT molecular complexity index is 997. The number of hydrogen-bond donors (Lipinski definition) is 1. The molecule has 2 unspecified atom stereocenters. The molecular formula is C21H21FN4O3. The summed E-state index contributed by atoms with van der Waals surface area (Å²) in [7, 11) is 1.83. The van der Waals surface area contributed by atoms with Gasteiger partial charge in [-0.15, -0.1) is 0 Å². The molecular weight excluding hydrogens is 375 g/mol. The van der Waals surface area contributed by atoms with Gasteiger partial charge in [-0.1, -0.05) is 12.1 Å². The average Bonchev–Trinajstić information content (AvgIpc) is 3.44. The van der Waals surface area contributed by atoms with Crippen LogP contribution in [0, 0.1) is 11.7 Å². The number of nitrogens with zero attached hydrogens (tertiary/aromatic N) is 3. The smallest absolute Gasteiger partial charge is 0.226 e. The van der Waals surface area contributed by atoms with Crippen molar-refractivity contribution < 1.29 is 18.4 Å². The Kier molecular flexibility index (Phi) is 5.16. The maximum absolute atomic E-state index is 13.4. The number of imidazole rings is 1. The Morgan fingerprint density at radius 3 is 2.79 bits per heavy atom. The minimum Gasteiger partial charge on any atom is -0.467 e. The van der Waals surface area contributed by atoms with Crippen LogP contribution in [0.4, 0.5) is 4.39 Å². The fraction of sp³-hybridized carbons (Fsp3) is 0.286. The van der Waals surface area contributed by atoms with Gasteiger partial charge in [-0.2, -0.15) is 0 Å². The van der Waals surface area contributed by atoms with Gasteiger partial charge in [0.2, 0.25) is 11.8 Å². The van der Waals surface area contributed by atoms with E-state index in [1.165, 1.54) is 12.1 Å². The number of rotatable bonds is 6. The molecule has 3 heterocycles. The second kappa shape index (κ2) is 7.90.